The van der Waals surface area contributed by atoms with Gasteiger partial charge in [-0.1, -0.05) is 340 Å². The summed E-state index contributed by atoms with van der Waals surface area (Å²) in [6, 6.07) is 178. The van der Waals surface area contributed by atoms with E-state index in [1.165, 1.54) is 0 Å². The van der Waals surface area contributed by atoms with E-state index in [1.807, 2.05) is 0 Å². The Bertz CT molecular complexity index is 5930. The Hall–Kier alpha value is -15.9. The number of hydrogen-bond acceptors (Lipinski definition) is 4. The second-order valence-corrected chi connectivity index (χ2v) is 30.8. The van der Waals surface area contributed by atoms with Crippen LogP contribution in [-0.4, -0.2) is 0 Å². The average molecular weight is 1530 g/mol. The van der Waals surface area contributed by atoms with E-state index >= 15 is 0 Å². The van der Waals surface area contributed by atoms with Crippen molar-refractivity contribution in [1.82, 2.24) is 0 Å². The molecule has 4 nitrogen and oxygen atoms in total. The first kappa shape index (κ1) is 71.9. The fourth-order valence-electron chi connectivity index (χ4n) is 17.6. The Balaban J connectivity index is 0.872. The van der Waals surface area contributed by atoms with E-state index in [-0.39, 0.29) is 0 Å². The molecule has 564 valence electrons. The van der Waals surface area contributed by atoms with E-state index in [9.17, 15) is 0 Å². The van der Waals surface area contributed by atoms with Crippen molar-refractivity contribution in [2.75, 3.05) is 19.6 Å². The van der Waals surface area contributed by atoms with Crippen LogP contribution in [0, 0.1) is 0 Å². The summed E-state index contributed by atoms with van der Waals surface area (Å²) in [4.78, 5) is 9.86. The van der Waals surface area contributed by atoms with Crippen molar-refractivity contribution in [2.45, 2.75) is 0 Å². The van der Waals surface area contributed by atoms with Crippen LogP contribution >= 0.6 is 0 Å². The third kappa shape index (κ3) is 14.1. The van der Waals surface area contributed by atoms with Crippen LogP contribution < -0.4 is 19.6 Å². The standard InChI is InChI=1S/C116H80N4/c1-9-25-81(26-10-1)89-41-57-99(58-42-89)117(100-59-43-90(44-60-100)82-27-11-2-12-28-82)107-73-97-74-108(118(101-61-45-91(46-62-101)83-29-13-3-14-30-83)102-63-47-92(48-64-102)84-31-15-4-16-32-84)79-113-114-80-110(120(105-69-53-95(54-70-105)87-37-21-7-22-38-87)106-71-55-96(56-72-106)88-39-23-8-24-40-88)76-98-75-109(78-112(116(98)114)111(77-107)115(97)113)119(103-65-49-93(50-66-103)85-33-17-5-18-34-85)104-67-51-94(52-68-104)86-35-19-6-20-36-86/h1-80H. The summed E-state index contributed by atoms with van der Waals surface area (Å²) in [5.41, 5.74) is 30.7. The molecule has 0 bridgehead atoms. The summed E-state index contributed by atoms with van der Waals surface area (Å²) in [6.45, 7) is 0. The SMILES string of the molecule is c1ccc(-c2ccc(N(c3ccc(-c4ccccc4)cc3)c3cc4cc(N(c5ccc(-c6ccccc6)cc5)c5ccc(-c6ccccc6)cc5)cc5c6cc(N(c7ccc(-c8ccccc8)cc7)c7ccc(-c8ccccc8)cc7)cc7cc(N(c8ccc(-c9ccccc9)cc8)c8ccc(-c9ccccc9)cc8)cc(c(c3)c45)c76)cc2)cc1. The van der Waals surface area contributed by atoms with Crippen molar-refractivity contribution >= 4 is 111 Å². The normalized spacial score (nSPS) is 11.3. The van der Waals surface area contributed by atoms with E-state index in [0.29, 0.717) is 0 Å². The molecule has 0 aliphatic rings. The highest BCUT2D eigenvalue weighted by Gasteiger charge is 2.27. The molecule has 0 unspecified atom stereocenters. The number of hydrogen-bond donors (Lipinski definition) is 0. The molecule has 0 saturated carbocycles. The summed E-state index contributed by atoms with van der Waals surface area (Å²) >= 11 is 0. The van der Waals surface area contributed by atoms with Gasteiger partial charge in [0.05, 0.1) is 0 Å². The number of benzene rings is 21. The number of rotatable bonds is 20. The van der Waals surface area contributed by atoms with E-state index in [2.05, 4.69) is 505 Å². The highest BCUT2D eigenvalue weighted by molar-refractivity contribution is 6.35. The molecule has 21 aromatic rings. The molecule has 0 fully saturated rings. The van der Waals surface area contributed by atoms with Crippen molar-refractivity contribution in [2.24, 2.45) is 0 Å². The first-order valence-electron chi connectivity index (χ1n) is 41.2. The van der Waals surface area contributed by atoms with Gasteiger partial charge in [-0.15, -0.1) is 0 Å². The molecule has 0 atom stereocenters. The van der Waals surface area contributed by atoms with Crippen LogP contribution in [0.25, 0.3) is 132 Å². The van der Waals surface area contributed by atoms with Crippen molar-refractivity contribution in [3.8, 4) is 89.0 Å². The molecule has 21 rings (SSSR count). The fourth-order valence-corrected chi connectivity index (χ4v) is 17.6. The predicted octanol–water partition coefficient (Wildman–Crippen LogP) is 33.0. The maximum atomic E-state index is 2.49. The van der Waals surface area contributed by atoms with Gasteiger partial charge in [0.1, 0.15) is 0 Å². The molecule has 120 heavy (non-hydrogen) atoms. The first-order valence-corrected chi connectivity index (χ1v) is 41.2. The van der Waals surface area contributed by atoms with Crippen molar-refractivity contribution < 1.29 is 0 Å². The second kappa shape index (κ2) is 31.7. The van der Waals surface area contributed by atoms with Crippen molar-refractivity contribution in [3.63, 3.8) is 0 Å². The zero-order valence-corrected chi connectivity index (χ0v) is 66.0. The molecule has 0 aliphatic heterocycles. The molecule has 21 aromatic carbocycles. The number of fused-ring (bicyclic) bond motifs is 2. The highest BCUT2D eigenvalue weighted by Crippen LogP contribution is 2.53. The third-order valence-electron chi connectivity index (χ3n) is 23.5. The summed E-state index contributed by atoms with van der Waals surface area (Å²) in [5, 5.41) is 8.96. The molecule has 0 saturated heterocycles. The molecule has 0 aromatic heterocycles. The molecule has 0 radical (unpaired) electrons. The van der Waals surface area contributed by atoms with Gasteiger partial charge >= 0.3 is 0 Å². The topological polar surface area (TPSA) is 13.0 Å². The van der Waals surface area contributed by atoms with Gasteiger partial charge in [-0.25, -0.2) is 0 Å². The molecule has 4 heteroatoms. The van der Waals surface area contributed by atoms with Crippen molar-refractivity contribution in [1.29, 1.82) is 0 Å². The Morgan fingerprint density at radius 3 is 0.342 bits per heavy atom. The minimum absolute atomic E-state index is 1.01. The number of anilines is 12. The van der Waals surface area contributed by atoms with E-state index in [1.54, 1.807) is 0 Å². The van der Waals surface area contributed by atoms with Crippen LogP contribution in [-0.2, 0) is 0 Å². The monoisotopic (exact) mass is 1530 g/mol. The molecular formula is C116H80N4. The predicted molar refractivity (Wildman–Crippen MR) is 510 cm³/mol. The van der Waals surface area contributed by atoms with Gasteiger partial charge < -0.3 is 19.6 Å². The molecule has 0 N–H and O–H groups in total. The lowest BCUT2D eigenvalue weighted by Gasteiger charge is -2.31. The van der Waals surface area contributed by atoms with Gasteiger partial charge in [-0.2, -0.15) is 0 Å². The smallest absolute Gasteiger partial charge is 0.0474 e. The molecular weight excluding hydrogens is 1450 g/mol. The van der Waals surface area contributed by atoms with Crippen LogP contribution in [0.15, 0.2) is 485 Å². The largest absolute Gasteiger partial charge is 0.310 e. The Labute approximate surface area is 700 Å². The minimum atomic E-state index is 1.01. The zero-order valence-electron chi connectivity index (χ0n) is 66.0. The quantitative estimate of drug-likeness (QED) is 0.0557. The summed E-state index contributed by atoms with van der Waals surface area (Å²) < 4.78 is 0. The second-order valence-electron chi connectivity index (χ2n) is 30.8. The van der Waals surface area contributed by atoms with E-state index < -0.39 is 0 Å². The van der Waals surface area contributed by atoms with E-state index in [0.717, 1.165) is 200 Å². The minimum Gasteiger partial charge on any atom is -0.310 e. The summed E-state index contributed by atoms with van der Waals surface area (Å²) in [6.07, 6.45) is 0. The highest BCUT2D eigenvalue weighted by atomic mass is 15.2. The molecule has 0 spiro atoms. The first-order chi connectivity index (χ1) is 59.5. The lowest BCUT2D eigenvalue weighted by molar-refractivity contribution is 1.28. The van der Waals surface area contributed by atoms with Crippen molar-refractivity contribution in [3.05, 3.63) is 485 Å². The summed E-state index contributed by atoms with van der Waals surface area (Å²) in [7, 11) is 0. The van der Waals surface area contributed by atoms with E-state index in [4.69, 9.17) is 0 Å². The van der Waals surface area contributed by atoms with Crippen LogP contribution in [0.3, 0.4) is 0 Å². The Kier molecular flexibility index (Phi) is 19.0. The number of nitrogens with zero attached hydrogens (tertiary/aromatic N) is 4. The van der Waals surface area contributed by atoms with Crippen LogP contribution in [0.2, 0.25) is 0 Å². The fraction of sp³-hybridized carbons (Fsp3) is 0. The van der Waals surface area contributed by atoms with Gasteiger partial charge in [-0.3, -0.25) is 0 Å². The van der Waals surface area contributed by atoms with Crippen LogP contribution in [0.1, 0.15) is 0 Å². The van der Waals surface area contributed by atoms with Crippen LogP contribution in [0.5, 0.6) is 0 Å². The lowest BCUT2D eigenvalue weighted by atomic mass is 9.87. The Morgan fingerprint density at radius 1 is 0.100 bits per heavy atom. The molecule has 0 heterocycles. The third-order valence-corrected chi connectivity index (χ3v) is 23.5. The summed E-state index contributed by atoms with van der Waals surface area (Å²) in [5.74, 6) is 0. The average Bonchev–Trinajstić information content (AvgIpc) is 0.700. The van der Waals surface area contributed by atoms with Gasteiger partial charge in [0.2, 0.25) is 0 Å². The van der Waals surface area contributed by atoms with Gasteiger partial charge in [0, 0.05) is 68.2 Å². The maximum Gasteiger partial charge on any atom is 0.0474 e. The zero-order chi connectivity index (χ0) is 79.7. The molecule has 0 amide bonds. The molecule has 0 aliphatic carbocycles. The van der Waals surface area contributed by atoms with Crippen LogP contribution in [0.4, 0.5) is 68.2 Å². The lowest BCUT2D eigenvalue weighted by Crippen LogP contribution is -2.12. The Morgan fingerprint density at radius 2 is 0.217 bits per heavy atom. The maximum absolute atomic E-state index is 2.49. The van der Waals surface area contributed by atoms with Gasteiger partial charge in [-0.05, 0) is 278 Å². The van der Waals surface area contributed by atoms with Gasteiger partial charge in [0.15, 0.2) is 0 Å². The van der Waals surface area contributed by atoms with Gasteiger partial charge in [0.25, 0.3) is 0 Å².